The standard InChI is InChI=1S/C12H9BrF2N2O2S/c1-19-11(18)2-6-5-20-12(16-6)17-10-4-8(14)7(13)3-9(10)15/h3-5H,2H2,1H3,(H,16,17). The number of nitrogens with one attached hydrogen (secondary N) is 1. The zero-order valence-corrected chi connectivity index (χ0v) is 12.6. The molecule has 0 radical (unpaired) electrons. The van der Waals surface area contributed by atoms with Gasteiger partial charge in [0.2, 0.25) is 0 Å². The Kier molecular flexibility index (Phi) is 4.66. The van der Waals surface area contributed by atoms with E-state index in [4.69, 9.17) is 0 Å². The van der Waals surface area contributed by atoms with E-state index in [-0.39, 0.29) is 16.6 Å². The van der Waals surface area contributed by atoms with Crippen LogP contribution in [0.3, 0.4) is 0 Å². The third-order valence-electron chi connectivity index (χ3n) is 2.36. The maximum atomic E-state index is 13.6. The first-order chi connectivity index (χ1) is 9.49. The predicted octanol–water partition coefficient (Wildman–Crippen LogP) is 3.64. The summed E-state index contributed by atoms with van der Waals surface area (Å²) in [6.45, 7) is 0. The molecular formula is C12H9BrF2N2O2S. The number of anilines is 2. The lowest BCUT2D eigenvalue weighted by molar-refractivity contribution is -0.139. The molecule has 0 spiro atoms. The summed E-state index contributed by atoms with van der Waals surface area (Å²) < 4.78 is 31.6. The number of methoxy groups -OCH3 is 1. The van der Waals surface area contributed by atoms with Crippen LogP contribution in [0, 0.1) is 11.6 Å². The van der Waals surface area contributed by atoms with Gasteiger partial charge in [0.15, 0.2) is 5.13 Å². The fourth-order valence-corrected chi connectivity index (χ4v) is 2.44. The molecule has 2 rings (SSSR count). The number of aromatic nitrogens is 1. The largest absolute Gasteiger partial charge is 0.469 e. The SMILES string of the molecule is COC(=O)Cc1csc(Nc2cc(F)c(Br)cc2F)n1. The van der Waals surface area contributed by atoms with Crippen molar-refractivity contribution in [3.05, 3.63) is 39.3 Å². The fourth-order valence-electron chi connectivity index (χ4n) is 1.40. The molecule has 1 N–H and O–H groups in total. The van der Waals surface area contributed by atoms with Crippen LogP contribution < -0.4 is 5.32 Å². The van der Waals surface area contributed by atoms with Gasteiger partial charge in [0.05, 0.1) is 29.4 Å². The van der Waals surface area contributed by atoms with E-state index in [1.165, 1.54) is 18.4 Å². The Hall–Kier alpha value is -1.54. The van der Waals surface area contributed by atoms with E-state index < -0.39 is 17.6 Å². The van der Waals surface area contributed by atoms with E-state index in [9.17, 15) is 13.6 Å². The van der Waals surface area contributed by atoms with Gasteiger partial charge in [0.1, 0.15) is 11.6 Å². The summed E-state index contributed by atoms with van der Waals surface area (Å²) in [6, 6.07) is 2.06. The summed E-state index contributed by atoms with van der Waals surface area (Å²) in [5.41, 5.74) is 0.479. The van der Waals surface area contributed by atoms with Crippen molar-refractivity contribution in [2.24, 2.45) is 0 Å². The van der Waals surface area contributed by atoms with E-state index >= 15 is 0 Å². The van der Waals surface area contributed by atoms with Crippen molar-refractivity contribution in [3.8, 4) is 0 Å². The molecule has 0 aliphatic carbocycles. The molecule has 1 heterocycles. The van der Waals surface area contributed by atoms with E-state index in [0.29, 0.717) is 10.8 Å². The van der Waals surface area contributed by atoms with Crippen LogP contribution in [0.4, 0.5) is 19.6 Å². The Balaban J connectivity index is 2.14. The van der Waals surface area contributed by atoms with Gasteiger partial charge in [-0.15, -0.1) is 11.3 Å². The van der Waals surface area contributed by atoms with Crippen molar-refractivity contribution >= 4 is 44.1 Å². The monoisotopic (exact) mass is 362 g/mol. The number of thiazole rings is 1. The maximum Gasteiger partial charge on any atom is 0.311 e. The molecule has 0 bridgehead atoms. The summed E-state index contributed by atoms with van der Waals surface area (Å²) >= 11 is 4.08. The molecule has 8 heteroatoms. The predicted molar refractivity (Wildman–Crippen MR) is 75.2 cm³/mol. The average Bonchev–Trinajstić information content (AvgIpc) is 2.83. The molecule has 0 saturated heterocycles. The molecule has 20 heavy (non-hydrogen) atoms. The van der Waals surface area contributed by atoms with Gasteiger partial charge in [0, 0.05) is 11.4 Å². The summed E-state index contributed by atoms with van der Waals surface area (Å²) in [5, 5.41) is 4.68. The van der Waals surface area contributed by atoms with Crippen molar-refractivity contribution in [1.82, 2.24) is 4.98 Å². The van der Waals surface area contributed by atoms with Gasteiger partial charge in [-0.1, -0.05) is 0 Å². The van der Waals surface area contributed by atoms with Crippen LogP contribution in [0.15, 0.2) is 22.0 Å². The Morgan fingerprint density at radius 2 is 2.20 bits per heavy atom. The first-order valence-corrected chi connectivity index (χ1v) is 7.09. The summed E-state index contributed by atoms with van der Waals surface area (Å²) in [7, 11) is 1.29. The van der Waals surface area contributed by atoms with Crippen molar-refractivity contribution in [3.63, 3.8) is 0 Å². The van der Waals surface area contributed by atoms with Crippen LogP contribution in [0.5, 0.6) is 0 Å². The van der Waals surface area contributed by atoms with Crippen LogP contribution in [0.2, 0.25) is 0 Å². The first kappa shape index (κ1) is 14.9. The fraction of sp³-hybridized carbons (Fsp3) is 0.167. The van der Waals surface area contributed by atoms with Crippen molar-refractivity contribution in [1.29, 1.82) is 0 Å². The lowest BCUT2D eigenvalue weighted by atomic mass is 10.3. The molecule has 0 unspecified atom stereocenters. The molecule has 0 atom stereocenters. The third kappa shape index (κ3) is 3.51. The van der Waals surface area contributed by atoms with Crippen molar-refractivity contribution in [2.75, 3.05) is 12.4 Å². The summed E-state index contributed by atoms with van der Waals surface area (Å²) in [6.07, 6.45) is 0.0336. The number of carbonyl (C=O) groups is 1. The molecule has 106 valence electrons. The normalized spacial score (nSPS) is 10.4. The number of halogens is 3. The lowest BCUT2D eigenvalue weighted by Gasteiger charge is -2.05. The van der Waals surface area contributed by atoms with Crippen LogP contribution in [0.1, 0.15) is 5.69 Å². The van der Waals surface area contributed by atoms with Gasteiger partial charge in [-0.2, -0.15) is 0 Å². The van der Waals surface area contributed by atoms with Crippen LogP contribution in [-0.4, -0.2) is 18.1 Å². The molecular weight excluding hydrogens is 354 g/mol. The Labute approximate surface area is 125 Å². The highest BCUT2D eigenvalue weighted by Gasteiger charge is 2.11. The molecule has 1 aromatic carbocycles. The van der Waals surface area contributed by atoms with Gasteiger partial charge in [-0.05, 0) is 22.0 Å². The number of hydrogen-bond acceptors (Lipinski definition) is 5. The second kappa shape index (κ2) is 6.27. The zero-order valence-electron chi connectivity index (χ0n) is 10.2. The van der Waals surface area contributed by atoms with E-state index in [0.717, 1.165) is 12.1 Å². The number of carbonyl (C=O) groups excluding carboxylic acids is 1. The number of ether oxygens (including phenoxy) is 1. The number of benzene rings is 1. The van der Waals surface area contributed by atoms with Crippen molar-refractivity contribution < 1.29 is 18.3 Å². The molecule has 0 fully saturated rings. The smallest absolute Gasteiger partial charge is 0.311 e. The third-order valence-corrected chi connectivity index (χ3v) is 3.77. The van der Waals surface area contributed by atoms with Crippen LogP contribution in [0.25, 0.3) is 0 Å². The van der Waals surface area contributed by atoms with Gasteiger partial charge >= 0.3 is 5.97 Å². The first-order valence-electron chi connectivity index (χ1n) is 5.42. The average molecular weight is 363 g/mol. The highest BCUT2D eigenvalue weighted by molar-refractivity contribution is 9.10. The minimum Gasteiger partial charge on any atom is -0.469 e. The topological polar surface area (TPSA) is 51.2 Å². The molecule has 0 aliphatic rings. The second-order valence-corrected chi connectivity index (χ2v) is 5.48. The Bertz CT molecular complexity index is 648. The maximum absolute atomic E-state index is 13.6. The molecule has 4 nitrogen and oxygen atoms in total. The van der Waals surface area contributed by atoms with E-state index in [2.05, 4.69) is 31.0 Å². The Morgan fingerprint density at radius 1 is 1.45 bits per heavy atom. The van der Waals surface area contributed by atoms with Gasteiger partial charge in [0.25, 0.3) is 0 Å². The van der Waals surface area contributed by atoms with Crippen LogP contribution >= 0.6 is 27.3 Å². The highest BCUT2D eigenvalue weighted by atomic mass is 79.9. The molecule has 0 amide bonds. The number of hydrogen-bond donors (Lipinski definition) is 1. The lowest BCUT2D eigenvalue weighted by Crippen LogP contribution is -2.04. The zero-order chi connectivity index (χ0) is 14.7. The van der Waals surface area contributed by atoms with Gasteiger partial charge in [-0.25, -0.2) is 13.8 Å². The quantitative estimate of drug-likeness (QED) is 0.666. The molecule has 1 aromatic heterocycles. The van der Waals surface area contributed by atoms with Crippen LogP contribution in [-0.2, 0) is 16.0 Å². The summed E-state index contributed by atoms with van der Waals surface area (Å²) in [4.78, 5) is 15.2. The molecule has 2 aromatic rings. The molecule has 0 saturated carbocycles. The number of rotatable bonds is 4. The second-order valence-electron chi connectivity index (χ2n) is 3.77. The Morgan fingerprint density at radius 3 is 2.90 bits per heavy atom. The van der Waals surface area contributed by atoms with Gasteiger partial charge < -0.3 is 10.1 Å². The summed E-state index contributed by atoms with van der Waals surface area (Å²) in [5.74, 6) is -1.61. The van der Waals surface area contributed by atoms with E-state index in [1.807, 2.05) is 0 Å². The molecule has 0 aliphatic heterocycles. The number of nitrogens with zero attached hydrogens (tertiary/aromatic N) is 1. The minimum absolute atomic E-state index is 0.0235. The van der Waals surface area contributed by atoms with E-state index in [1.54, 1.807) is 5.38 Å². The number of esters is 1. The minimum atomic E-state index is -0.608. The van der Waals surface area contributed by atoms with Gasteiger partial charge in [-0.3, -0.25) is 4.79 Å². The highest BCUT2D eigenvalue weighted by Crippen LogP contribution is 2.27. The van der Waals surface area contributed by atoms with Crippen molar-refractivity contribution in [2.45, 2.75) is 6.42 Å².